The Hall–Kier alpha value is -3.72. The Labute approximate surface area is 166 Å². The van der Waals surface area contributed by atoms with E-state index in [1.807, 2.05) is 18.2 Å². The number of nitrogens with zero attached hydrogens (tertiary/aromatic N) is 2. The number of ether oxygens (including phenoxy) is 1. The number of aromatic amines is 1. The van der Waals surface area contributed by atoms with Crippen molar-refractivity contribution in [2.45, 2.75) is 13.0 Å². The Morgan fingerprint density at radius 3 is 2.83 bits per heavy atom. The van der Waals surface area contributed by atoms with Crippen LogP contribution in [0.3, 0.4) is 0 Å². The molecule has 9 nitrogen and oxygen atoms in total. The predicted molar refractivity (Wildman–Crippen MR) is 107 cm³/mol. The fraction of sp³-hybridized carbons (Fsp3) is 0.200. The maximum atomic E-state index is 12.7. The van der Waals surface area contributed by atoms with E-state index in [-0.39, 0.29) is 11.4 Å². The summed E-state index contributed by atoms with van der Waals surface area (Å²) in [4.78, 5) is 29.2. The van der Waals surface area contributed by atoms with Crippen LogP contribution < -0.4 is 20.7 Å². The number of nitrogens with one attached hydrogen (secondary N) is 4. The molecule has 0 spiro atoms. The van der Waals surface area contributed by atoms with Gasteiger partial charge < -0.3 is 20.7 Å². The maximum absolute atomic E-state index is 12.7. The number of fused-ring (bicyclic) bond motifs is 1. The van der Waals surface area contributed by atoms with Crippen LogP contribution in [0.1, 0.15) is 32.0 Å². The minimum atomic E-state index is -0.423. The van der Waals surface area contributed by atoms with Crippen LogP contribution in [0.5, 0.6) is 5.75 Å². The third-order valence-corrected chi connectivity index (χ3v) is 4.68. The van der Waals surface area contributed by atoms with Crippen molar-refractivity contribution in [2.75, 3.05) is 24.3 Å². The van der Waals surface area contributed by atoms with Gasteiger partial charge in [0.1, 0.15) is 11.4 Å². The SMILES string of the molecule is COc1cncc(C(=O)Nc2cn[nH]c2C(=O)Nc2ccc3c(c2)CCNC3)c1. The third-order valence-electron chi connectivity index (χ3n) is 4.68. The minimum Gasteiger partial charge on any atom is -0.495 e. The second kappa shape index (κ2) is 8.11. The van der Waals surface area contributed by atoms with E-state index in [0.29, 0.717) is 17.0 Å². The highest BCUT2D eigenvalue weighted by atomic mass is 16.5. The molecule has 0 aliphatic carbocycles. The van der Waals surface area contributed by atoms with E-state index in [0.717, 1.165) is 19.5 Å². The Morgan fingerprint density at radius 1 is 1.07 bits per heavy atom. The first kappa shape index (κ1) is 18.6. The molecule has 0 bridgehead atoms. The number of aromatic nitrogens is 3. The number of H-pyrrole nitrogens is 1. The highest BCUT2D eigenvalue weighted by Gasteiger charge is 2.18. The first-order chi connectivity index (χ1) is 14.1. The van der Waals surface area contributed by atoms with Gasteiger partial charge in [-0.05, 0) is 42.3 Å². The van der Waals surface area contributed by atoms with Gasteiger partial charge in [-0.1, -0.05) is 6.07 Å². The molecule has 0 radical (unpaired) electrons. The van der Waals surface area contributed by atoms with Gasteiger partial charge in [0.15, 0.2) is 0 Å². The van der Waals surface area contributed by atoms with Gasteiger partial charge >= 0.3 is 0 Å². The number of hydrogen-bond donors (Lipinski definition) is 4. The highest BCUT2D eigenvalue weighted by Crippen LogP contribution is 2.21. The molecule has 0 saturated heterocycles. The first-order valence-electron chi connectivity index (χ1n) is 9.11. The van der Waals surface area contributed by atoms with E-state index in [1.165, 1.54) is 36.8 Å². The van der Waals surface area contributed by atoms with Gasteiger partial charge in [0, 0.05) is 18.4 Å². The Kier molecular flexibility index (Phi) is 5.21. The molecule has 148 valence electrons. The molecule has 1 aliphatic heterocycles. The number of hydrogen-bond acceptors (Lipinski definition) is 6. The number of methoxy groups -OCH3 is 1. The average Bonchev–Trinajstić information content (AvgIpc) is 3.22. The van der Waals surface area contributed by atoms with E-state index >= 15 is 0 Å². The summed E-state index contributed by atoms with van der Waals surface area (Å²) in [5.41, 5.74) is 3.88. The van der Waals surface area contributed by atoms with Crippen molar-refractivity contribution < 1.29 is 14.3 Å². The van der Waals surface area contributed by atoms with Crippen molar-refractivity contribution in [3.05, 3.63) is 65.2 Å². The lowest BCUT2D eigenvalue weighted by Gasteiger charge is -2.18. The number of amides is 2. The monoisotopic (exact) mass is 392 g/mol. The second-order valence-corrected chi connectivity index (χ2v) is 6.59. The van der Waals surface area contributed by atoms with Crippen LogP contribution >= 0.6 is 0 Å². The lowest BCUT2D eigenvalue weighted by molar-refractivity contribution is 0.102. The fourth-order valence-electron chi connectivity index (χ4n) is 3.15. The summed E-state index contributed by atoms with van der Waals surface area (Å²) in [5.74, 6) is -0.353. The molecule has 3 heterocycles. The normalized spacial score (nSPS) is 12.7. The number of benzene rings is 1. The summed E-state index contributed by atoms with van der Waals surface area (Å²) in [6.45, 7) is 1.75. The van der Waals surface area contributed by atoms with Gasteiger partial charge in [0.25, 0.3) is 11.8 Å². The number of anilines is 2. The summed E-state index contributed by atoms with van der Waals surface area (Å²) < 4.78 is 5.08. The van der Waals surface area contributed by atoms with Crippen molar-refractivity contribution in [1.82, 2.24) is 20.5 Å². The molecule has 0 atom stereocenters. The largest absolute Gasteiger partial charge is 0.495 e. The average molecular weight is 392 g/mol. The van der Waals surface area contributed by atoms with Crippen LogP contribution in [0.4, 0.5) is 11.4 Å². The molecule has 3 aromatic rings. The number of carbonyl (C=O) groups excluding carboxylic acids is 2. The van der Waals surface area contributed by atoms with E-state index in [1.54, 1.807) is 6.07 Å². The Morgan fingerprint density at radius 2 is 1.97 bits per heavy atom. The molecule has 0 saturated carbocycles. The summed E-state index contributed by atoms with van der Waals surface area (Å²) in [5, 5.41) is 15.4. The molecule has 0 unspecified atom stereocenters. The molecule has 2 aromatic heterocycles. The second-order valence-electron chi connectivity index (χ2n) is 6.59. The van der Waals surface area contributed by atoms with Crippen LogP contribution in [0, 0.1) is 0 Å². The van der Waals surface area contributed by atoms with E-state index in [9.17, 15) is 9.59 Å². The summed E-state index contributed by atoms with van der Waals surface area (Å²) >= 11 is 0. The molecule has 1 aromatic carbocycles. The quantitative estimate of drug-likeness (QED) is 0.527. The Balaban J connectivity index is 1.48. The van der Waals surface area contributed by atoms with Gasteiger partial charge in [-0.2, -0.15) is 5.10 Å². The third kappa shape index (κ3) is 4.09. The van der Waals surface area contributed by atoms with Crippen molar-refractivity contribution >= 4 is 23.2 Å². The standard InChI is InChI=1S/C20H20N6O3/c1-29-16-7-14(9-22-10-16)19(27)25-17-11-23-26-18(17)20(28)24-15-3-2-13-8-21-5-4-12(13)6-15/h2-3,6-7,9-11,21H,4-5,8H2,1H3,(H,23,26)(H,24,28)(H,25,27). The molecule has 9 heteroatoms. The molecule has 2 amide bonds. The molecular weight excluding hydrogens is 372 g/mol. The predicted octanol–water partition coefficient (Wildman–Crippen LogP) is 1.96. The van der Waals surface area contributed by atoms with Gasteiger partial charge in [0.05, 0.1) is 30.8 Å². The molecule has 29 heavy (non-hydrogen) atoms. The lowest BCUT2D eigenvalue weighted by Crippen LogP contribution is -2.24. The van der Waals surface area contributed by atoms with Crippen LogP contribution in [0.15, 0.2) is 42.9 Å². The lowest BCUT2D eigenvalue weighted by atomic mass is 10.0. The Bertz CT molecular complexity index is 1060. The molecule has 4 rings (SSSR count). The van der Waals surface area contributed by atoms with Crippen LogP contribution in [0.2, 0.25) is 0 Å². The molecule has 1 aliphatic rings. The van der Waals surface area contributed by atoms with Crippen molar-refractivity contribution in [1.29, 1.82) is 0 Å². The molecule has 4 N–H and O–H groups in total. The smallest absolute Gasteiger partial charge is 0.275 e. The maximum Gasteiger partial charge on any atom is 0.275 e. The summed E-state index contributed by atoms with van der Waals surface area (Å²) in [7, 11) is 1.49. The van der Waals surface area contributed by atoms with E-state index in [2.05, 4.69) is 31.1 Å². The van der Waals surface area contributed by atoms with Crippen LogP contribution in [0.25, 0.3) is 0 Å². The van der Waals surface area contributed by atoms with Gasteiger partial charge in [-0.25, -0.2) is 0 Å². The van der Waals surface area contributed by atoms with Crippen LogP contribution in [-0.2, 0) is 13.0 Å². The highest BCUT2D eigenvalue weighted by molar-refractivity contribution is 6.11. The van der Waals surface area contributed by atoms with Crippen LogP contribution in [-0.4, -0.2) is 40.7 Å². The zero-order valence-electron chi connectivity index (χ0n) is 15.8. The number of pyridine rings is 1. The van der Waals surface area contributed by atoms with Gasteiger partial charge in [-0.3, -0.25) is 19.7 Å². The van der Waals surface area contributed by atoms with E-state index < -0.39 is 11.8 Å². The van der Waals surface area contributed by atoms with Crippen molar-refractivity contribution in [3.8, 4) is 5.75 Å². The van der Waals surface area contributed by atoms with Crippen molar-refractivity contribution in [3.63, 3.8) is 0 Å². The van der Waals surface area contributed by atoms with E-state index in [4.69, 9.17) is 4.74 Å². The van der Waals surface area contributed by atoms with Gasteiger partial charge in [-0.15, -0.1) is 0 Å². The number of carbonyl (C=O) groups is 2. The zero-order valence-corrected chi connectivity index (χ0v) is 15.8. The number of rotatable bonds is 5. The topological polar surface area (TPSA) is 121 Å². The minimum absolute atomic E-state index is 0.161. The first-order valence-corrected chi connectivity index (χ1v) is 9.11. The summed E-state index contributed by atoms with van der Waals surface area (Å²) in [6, 6.07) is 7.40. The fourth-order valence-corrected chi connectivity index (χ4v) is 3.15. The zero-order chi connectivity index (χ0) is 20.2. The van der Waals surface area contributed by atoms with Gasteiger partial charge in [0.2, 0.25) is 0 Å². The molecule has 0 fully saturated rings. The molecular formula is C20H20N6O3. The summed E-state index contributed by atoms with van der Waals surface area (Å²) in [6.07, 6.45) is 5.22. The van der Waals surface area contributed by atoms with Crippen molar-refractivity contribution in [2.24, 2.45) is 0 Å².